The third-order valence-corrected chi connectivity index (χ3v) is 3.76. The van der Waals surface area contributed by atoms with Crippen molar-refractivity contribution in [1.82, 2.24) is 0 Å². The van der Waals surface area contributed by atoms with Crippen molar-refractivity contribution in [1.29, 1.82) is 0 Å². The van der Waals surface area contributed by atoms with Gasteiger partial charge in [-0.3, -0.25) is 0 Å². The van der Waals surface area contributed by atoms with E-state index >= 15 is 0 Å². The van der Waals surface area contributed by atoms with Gasteiger partial charge in [-0.25, -0.2) is 0 Å². The highest BCUT2D eigenvalue weighted by Gasteiger charge is 2.83. The molecule has 19 heavy (non-hydrogen) atoms. The lowest BCUT2D eigenvalue weighted by Gasteiger charge is -2.41. The molecule has 7 heteroatoms. The van der Waals surface area contributed by atoms with Crippen LogP contribution in [0.5, 0.6) is 0 Å². The van der Waals surface area contributed by atoms with Gasteiger partial charge in [-0.15, -0.1) is 0 Å². The maximum atomic E-state index is 10.5. The summed E-state index contributed by atoms with van der Waals surface area (Å²) in [7, 11) is 0. The molecule has 2 fully saturated rings. The fourth-order valence-electron chi connectivity index (χ4n) is 2.46. The molecular weight excluding hydrogens is 254 g/mol. The molecule has 0 aromatic heterocycles. The first-order valence-corrected chi connectivity index (χ1v) is 5.83. The number of aliphatic hydroxyl groups is 4. The number of hydrogen-bond donors (Lipinski definition) is 5. The van der Waals surface area contributed by atoms with Crippen LogP contribution in [0.2, 0.25) is 0 Å². The summed E-state index contributed by atoms with van der Waals surface area (Å²) in [4.78, 5) is 0. The van der Waals surface area contributed by atoms with Gasteiger partial charge in [0.25, 0.3) is 11.6 Å². The van der Waals surface area contributed by atoms with Gasteiger partial charge >= 0.3 is 0 Å². The van der Waals surface area contributed by atoms with E-state index in [0.29, 0.717) is 5.69 Å². The Labute approximate surface area is 108 Å². The van der Waals surface area contributed by atoms with E-state index in [4.69, 9.17) is 15.2 Å². The van der Waals surface area contributed by atoms with Crippen molar-refractivity contribution >= 4 is 5.69 Å². The van der Waals surface area contributed by atoms with Crippen LogP contribution in [0.3, 0.4) is 0 Å². The van der Waals surface area contributed by atoms with E-state index in [-0.39, 0.29) is 5.56 Å². The Morgan fingerprint density at radius 2 is 1.68 bits per heavy atom. The number of benzene rings is 1. The Morgan fingerprint density at radius 3 is 2.26 bits per heavy atom. The van der Waals surface area contributed by atoms with Gasteiger partial charge in [0.2, 0.25) is 5.79 Å². The second-order valence-electron chi connectivity index (χ2n) is 4.98. The van der Waals surface area contributed by atoms with Gasteiger partial charge in [0.05, 0.1) is 0 Å². The Bertz CT molecular complexity index is 521. The first-order chi connectivity index (χ1) is 8.74. The fourth-order valence-corrected chi connectivity index (χ4v) is 2.46. The normalized spacial score (nSPS) is 48.7. The van der Waals surface area contributed by atoms with Crippen molar-refractivity contribution < 1.29 is 29.9 Å². The highest BCUT2D eigenvalue weighted by molar-refractivity contribution is 5.41. The van der Waals surface area contributed by atoms with Gasteiger partial charge < -0.3 is 35.6 Å². The first kappa shape index (κ1) is 12.8. The predicted molar refractivity (Wildman–Crippen MR) is 62.3 cm³/mol. The molecule has 5 atom stereocenters. The number of hydrogen-bond acceptors (Lipinski definition) is 7. The molecule has 7 nitrogen and oxygen atoms in total. The molecule has 0 bridgehead atoms. The Morgan fingerprint density at radius 1 is 1.11 bits per heavy atom. The smallest absolute Gasteiger partial charge is 0.259 e. The topological polar surface area (TPSA) is 129 Å². The molecule has 2 aliphatic rings. The monoisotopic (exact) mass is 269 g/mol. The summed E-state index contributed by atoms with van der Waals surface area (Å²) in [6.07, 6.45) is -2.88. The largest absolute Gasteiger partial charge is 0.399 e. The van der Waals surface area contributed by atoms with E-state index < -0.39 is 29.6 Å². The highest BCUT2D eigenvalue weighted by Crippen LogP contribution is 2.58. The molecule has 0 spiro atoms. The van der Waals surface area contributed by atoms with Gasteiger partial charge in [0, 0.05) is 11.3 Å². The minimum Gasteiger partial charge on any atom is -0.399 e. The highest BCUT2D eigenvalue weighted by atomic mass is 16.9. The van der Waals surface area contributed by atoms with Crippen LogP contribution in [0.4, 0.5) is 5.69 Å². The van der Waals surface area contributed by atoms with Crippen LogP contribution in [-0.2, 0) is 15.3 Å². The minimum atomic E-state index is -2.25. The summed E-state index contributed by atoms with van der Waals surface area (Å²) >= 11 is 0. The number of nitrogen functional groups attached to an aromatic ring is 1. The molecule has 3 rings (SSSR count). The average molecular weight is 269 g/mol. The summed E-state index contributed by atoms with van der Waals surface area (Å²) < 4.78 is 10.0. The van der Waals surface area contributed by atoms with E-state index in [0.717, 1.165) is 0 Å². The summed E-state index contributed by atoms with van der Waals surface area (Å²) in [6, 6.07) is 5.96. The zero-order valence-electron chi connectivity index (χ0n) is 10.1. The number of epoxide rings is 1. The third-order valence-electron chi connectivity index (χ3n) is 3.76. The molecule has 0 radical (unpaired) electrons. The van der Waals surface area contributed by atoms with E-state index in [9.17, 15) is 20.4 Å². The zero-order chi connectivity index (χ0) is 14.1. The molecule has 2 heterocycles. The molecule has 2 saturated heterocycles. The van der Waals surface area contributed by atoms with Crippen molar-refractivity contribution in [3.63, 3.8) is 0 Å². The van der Waals surface area contributed by atoms with Gasteiger partial charge in [-0.1, -0.05) is 12.1 Å². The van der Waals surface area contributed by atoms with Crippen molar-refractivity contribution in [3.8, 4) is 0 Å². The molecule has 2 aliphatic heterocycles. The van der Waals surface area contributed by atoms with Crippen LogP contribution in [0.1, 0.15) is 12.5 Å². The SMILES string of the molecule is C[C@@H]1O[C@@](O)(c2ccc(N)cc2)[C@@H](O)[C@@]2(O)O[C@@]12O. The maximum absolute atomic E-state index is 10.5. The number of aliphatic hydroxyl groups excluding tert-OH is 1. The second kappa shape index (κ2) is 3.45. The molecule has 0 aliphatic carbocycles. The Balaban J connectivity index is 2.02. The molecule has 0 saturated carbocycles. The fraction of sp³-hybridized carbons (Fsp3) is 0.500. The van der Waals surface area contributed by atoms with Gasteiger partial charge in [0.15, 0.2) is 6.10 Å². The lowest BCUT2D eigenvalue weighted by atomic mass is 9.88. The number of anilines is 1. The molecule has 6 N–H and O–H groups in total. The van der Waals surface area contributed by atoms with E-state index in [1.165, 1.54) is 31.2 Å². The van der Waals surface area contributed by atoms with E-state index in [2.05, 4.69) is 0 Å². The third kappa shape index (κ3) is 1.42. The first-order valence-electron chi connectivity index (χ1n) is 5.83. The van der Waals surface area contributed by atoms with Gasteiger partial charge in [0.1, 0.15) is 6.10 Å². The molecular formula is C12H15NO6. The summed E-state index contributed by atoms with van der Waals surface area (Å²) in [5, 5.41) is 40.4. The summed E-state index contributed by atoms with van der Waals surface area (Å²) in [6.45, 7) is 1.42. The lowest BCUT2D eigenvalue weighted by molar-refractivity contribution is -0.351. The van der Waals surface area contributed by atoms with Crippen LogP contribution in [-0.4, -0.2) is 44.2 Å². The van der Waals surface area contributed by atoms with Crippen LogP contribution in [0.25, 0.3) is 0 Å². The van der Waals surface area contributed by atoms with Crippen molar-refractivity contribution in [2.24, 2.45) is 0 Å². The average Bonchev–Trinajstić information content (AvgIpc) is 2.94. The van der Waals surface area contributed by atoms with Gasteiger partial charge in [-0.2, -0.15) is 0 Å². The minimum absolute atomic E-state index is 0.201. The zero-order valence-corrected chi connectivity index (χ0v) is 10.1. The standard InChI is InChI=1S/C12H15NO6/c1-6-11(16)12(17,19-11)9(14)10(15,18-6)7-2-4-8(13)5-3-7/h2-6,9,14-17H,13H2,1H3/t6-,9+,10-,11-,12+/m0/s1. The van der Waals surface area contributed by atoms with Crippen molar-refractivity contribution in [3.05, 3.63) is 29.8 Å². The maximum Gasteiger partial charge on any atom is 0.259 e. The quantitative estimate of drug-likeness (QED) is 0.313. The summed E-state index contributed by atoms with van der Waals surface area (Å²) in [5.41, 5.74) is 6.22. The predicted octanol–water partition coefficient (Wildman–Crippen LogP) is -1.40. The second-order valence-corrected chi connectivity index (χ2v) is 4.98. The molecule has 104 valence electrons. The number of rotatable bonds is 1. The molecule has 0 unspecified atom stereocenters. The van der Waals surface area contributed by atoms with Crippen LogP contribution < -0.4 is 5.73 Å². The molecule has 0 amide bonds. The van der Waals surface area contributed by atoms with Crippen molar-refractivity contribution in [2.75, 3.05) is 5.73 Å². The van der Waals surface area contributed by atoms with E-state index in [1.807, 2.05) is 0 Å². The molecule has 1 aromatic carbocycles. The van der Waals surface area contributed by atoms with Crippen LogP contribution in [0, 0.1) is 0 Å². The van der Waals surface area contributed by atoms with Crippen LogP contribution in [0.15, 0.2) is 24.3 Å². The Kier molecular flexibility index (Phi) is 2.33. The van der Waals surface area contributed by atoms with Crippen molar-refractivity contribution in [2.45, 2.75) is 36.5 Å². The number of nitrogens with two attached hydrogens (primary N) is 1. The number of ether oxygens (including phenoxy) is 2. The summed E-state index contributed by atoms with van der Waals surface area (Å²) in [5.74, 6) is -6.45. The van der Waals surface area contributed by atoms with Gasteiger partial charge in [-0.05, 0) is 19.1 Å². The van der Waals surface area contributed by atoms with E-state index in [1.54, 1.807) is 0 Å². The molecule has 1 aromatic rings. The van der Waals surface area contributed by atoms with Crippen LogP contribution >= 0.6 is 0 Å². The Hall–Kier alpha value is -1.22. The number of fused-ring (bicyclic) bond motifs is 1. The lowest BCUT2D eigenvalue weighted by Crippen LogP contribution is -2.62.